The van der Waals surface area contributed by atoms with Crippen LogP contribution in [0.4, 0.5) is 0 Å². The van der Waals surface area contributed by atoms with Crippen LogP contribution in [0.3, 0.4) is 0 Å². The summed E-state index contributed by atoms with van der Waals surface area (Å²) in [6.45, 7) is 0.312. The van der Waals surface area contributed by atoms with Gasteiger partial charge in [0.05, 0.1) is 26.3 Å². The minimum Gasteiger partial charge on any atom is -0.497 e. The quantitative estimate of drug-likeness (QED) is 0.486. The van der Waals surface area contributed by atoms with Crippen LogP contribution in [0.25, 0.3) is 10.9 Å². The van der Waals surface area contributed by atoms with Crippen molar-refractivity contribution in [3.05, 3.63) is 105 Å². The number of carbonyl (C=O) groups excluding carboxylic acids is 1. The molecule has 1 aromatic heterocycles. The maximum atomic E-state index is 13.5. The molecule has 32 heavy (non-hydrogen) atoms. The van der Waals surface area contributed by atoms with Gasteiger partial charge in [0.15, 0.2) is 0 Å². The molecule has 2 N–H and O–H groups in total. The van der Waals surface area contributed by atoms with Crippen molar-refractivity contribution in [3.63, 3.8) is 0 Å². The Labute approximate surface area is 185 Å². The van der Waals surface area contributed by atoms with Gasteiger partial charge in [-0.05, 0) is 53.4 Å². The molecule has 1 amide bonds. The Hall–Kier alpha value is -4.06. The van der Waals surface area contributed by atoms with Gasteiger partial charge >= 0.3 is 0 Å². The van der Waals surface area contributed by atoms with Crippen LogP contribution < -0.4 is 20.8 Å². The fraction of sp³-hybridized carbons (Fsp3) is 0.154. The number of aromatic nitrogens is 1. The molecule has 0 aliphatic rings. The summed E-state index contributed by atoms with van der Waals surface area (Å²) in [5, 5.41) is 0.824. The van der Waals surface area contributed by atoms with E-state index in [0.717, 1.165) is 33.5 Å². The van der Waals surface area contributed by atoms with E-state index in [4.69, 9.17) is 15.2 Å². The molecular weight excluding hydrogens is 404 g/mol. The Morgan fingerprint density at radius 3 is 1.97 bits per heavy atom. The van der Waals surface area contributed by atoms with Crippen molar-refractivity contribution < 1.29 is 14.3 Å². The van der Waals surface area contributed by atoms with Crippen LogP contribution in [-0.2, 0) is 13.0 Å². The highest BCUT2D eigenvalue weighted by atomic mass is 16.5. The molecule has 4 aromatic rings. The number of amides is 1. The molecule has 162 valence electrons. The van der Waals surface area contributed by atoms with Crippen molar-refractivity contribution in [1.82, 2.24) is 4.57 Å². The zero-order valence-electron chi connectivity index (χ0n) is 18.0. The highest BCUT2D eigenvalue weighted by Gasteiger charge is 2.21. The first-order chi connectivity index (χ1) is 15.5. The Morgan fingerprint density at radius 1 is 0.844 bits per heavy atom. The molecule has 0 fully saturated rings. The van der Waals surface area contributed by atoms with Gasteiger partial charge in [-0.2, -0.15) is 0 Å². The fourth-order valence-electron chi connectivity index (χ4n) is 3.93. The molecule has 1 heterocycles. The third-order valence-corrected chi connectivity index (χ3v) is 5.57. The molecule has 0 atom stereocenters. The number of pyridine rings is 1. The van der Waals surface area contributed by atoms with Gasteiger partial charge in [0, 0.05) is 5.39 Å². The van der Waals surface area contributed by atoms with Gasteiger partial charge < -0.3 is 19.8 Å². The number of benzene rings is 3. The highest BCUT2D eigenvalue weighted by Crippen LogP contribution is 2.25. The van der Waals surface area contributed by atoms with Crippen molar-refractivity contribution >= 4 is 16.8 Å². The second kappa shape index (κ2) is 8.98. The number of carbonyl (C=O) groups is 1. The fourth-order valence-corrected chi connectivity index (χ4v) is 3.93. The lowest BCUT2D eigenvalue weighted by atomic mass is 9.95. The molecule has 0 unspecified atom stereocenters. The largest absolute Gasteiger partial charge is 0.497 e. The average Bonchev–Trinajstić information content (AvgIpc) is 2.82. The Morgan fingerprint density at radius 2 is 1.41 bits per heavy atom. The number of primary amides is 1. The molecule has 6 heteroatoms. The van der Waals surface area contributed by atoms with Gasteiger partial charge in [-0.25, -0.2) is 0 Å². The summed E-state index contributed by atoms with van der Waals surface area (Å²) in [6.07, 6.45) is 0.404. The monoisotopic (exact) mass is 428 g/mol. The number of para-hydroxylation sites is 1. The number of nitrogens with zero attached hydrogens (tertiary/aromatic N) is 1. The number of rotatable bonds is 7. The molecule has 3 aromatic carbocycles. The molecule has 0 radical (unpaired) electrons. The van der Waals surface area contributed by atoms with Gasteiger partial charge in [0.1, 0.15) is 17.1 Å². The zero-order chi connectivity index (χ0) is 22.7. The summed E-state index contributed by atoms with van der Waals surface area (Å²) in [5.41, 5.74) is 8.59. The van der Waals surface area contributed by atoms with Crippen LogP contribution in [0, 0.1) is 0 Å². The van der Waals surface area contributed by atoms with Crippen LogP contribution in [0.5, 0.6) is 11.5 Å². The van der Waals surface area contributed by atoms with Crippen LogP contribution in [0.2, 0.25) is 0 Å². The minimum atomic E-state index is -0.729. The standard InChI is InChI=1S/C26H24N2O4/c1-31-19-11-7-17(8-12-19)15-22-21-5-3-4-6-23(21)28(26(30)24(22)25(27)29)16-18-9-13-20(32-2)14-10-18/h3-14H,15-16H2,1-2H3,(H2,27,29). The van der Waals surface area contributed by atoms with E-state index in [0.29, 0.717) is 18.5 Å². The number of fused-ring (bicyclic) bond motifs is 1. The minimum absolute atomic E-state index is 0.0213. The van der Waals surface area contributed by atoms with E-state index < -0.39 is 11.5 Å². The lowest BCUT2D eigenvalue weighted by Gasteiger charge is -2.17. The van der Waals surface area contributed by atoms with Crippen molar-refractivity contribution in [2.24, 2.45) is 5.73 Å². The number of nitrogens with two attached hydrogens (primary N) is 1. The first-order valence-electron chi connectivity index (χ1n) is 10.2. The van der Waals surface area contributed by atoms with Gasteiger partial charge in [-0.1, -0.05) is 42.5 Å². The van der Waals surface area contributed by atoms with Crippen molar-refractivity contribution in [3.8, 4) is 11.5 Å². The van der Waals surface area contributed by atoms with Crippen LogP contribution >= 0.6 is 0 Å². The number of methoxy groups -OCH3 is 2. The third-order valence-electron chi connectivity index (χ3n) is 5.57. The molecule has 4 rings (SSSR count). The Kier molecular flexibility index (Phi) is 5.94. The lowest BCUT2D eigenvalue weighted by molar-refractivity contribution is 0.0997. The van der Waals surface area contributed by atoms with E-state index in [1.807, 2.05) is 72.8 Å². The van der Waals surface area contributed by atoms with E-state index in [1.165, 1.54) is 0 Å². The van der Waals surface area contributed by atoms with Gasteiger partial charge in [0.25, 0.3) is 11.5 Å². The second-order valence-electron chi connectivity index (χ2n) is 7.50. The van der Waals surface area contributed by atoms with Gasteiger partial charge in [0.2, 0.25) is 0 Å². The molecule has 0 bridgehead atoms. The van der Waals surface area contributed by atoms with Gasteiger partial charge in [-0.3, -0.25) is 9.59 Å². The smallest absolute Gasteiger partial charge is 0.264 e. The van der Waals surface area contributed by atoms with Gasteiger partial charge in [-0.15, -0.1) is 0 Å². The van der Waals surface area contributed by atoms with Crippen LogP contribution in [0.1, 0.15) is 27.0 Å². The summed E-state index contributed by atoms with van der Waals surface area (Å²) >= 11 is 0. The topological polar surface area (TPSA) is 83.5 Å². The number of ether oxygens (including phenoxy) is 2. The first-order valence-corrected chi connectivity index (χ1v) is 10.2. The molecule has 0 aliphatic heterocycles. The summed E-state index contributed by atoms with van der Waals surface area (Å²) in [6, 6.07) is 22.6. The van der Waals surface area contributed by atoms with Crippen LogP contribution in [-0.4, -0.2) is 24.7 Å². The normalized spacial score (nSPS) is 10.8. The summed E-state index contributed by atoms with van der Waals surface area (Å²) < 4.78 is 12.0. The molecule has 0 spiro atoms. The maximum absolute atomic E-state index is 13.5. The van der Waals surface area contributed by atoms with Crippen LogP contribution in [0.15, 0.2) is 77.6 Å². The van der Waals surface area contributed by atoms with E-state index >= 15 is 0 Å². The summed E-state index contributed by atoms with van der Waals surface area (Å²) in [7, 11) is 3.21. The maximum Gasteiger partial charge on any atom is 0.264 e. The predicted octanol–water partition coefficient (Wildman–Crippen LogP) is 3.76. The van der Waals surface area contributed by atoms with E-state index in [2.05, 4.69) is 0 Å². The average molecular weight is 428 g/mol. The zero-order valence-corrected chi connectivity index (χ0v) is 18.0. The van der Waals surface area contributed by atoms with Crippen molar-refractivity contribution in [2.75, 3.05) is 14.2 Å². The van der Waals surface area contributed by atoms with Crippen molar-refractivity contribution in [1.29, 1.82) is 0 Å². The molecular formula is C26H24N2O4. The van der Waals surface area contributed by atoms with Crippen molar-refractivity contribution in [2.45, 2.75) is 13.0 Å². The predicted molar refractivity (Wildman–Crippen MR) is 125 cm³/mol. The van der Waals surface area contributed by atoms with E-state index in [-0.39, 0.29) is 5.56 Å². The molecule has 0 aliphatic carbocycles. The lowest BCUT2D eigenvalue weighted by Crippen LogP contribution is -2.32. The highest BCUT2D eigenvalue weighted by molar-refractivity contribution is 5.99. The summed E-state index contributed by atoms with van der Waals surface area (Å²) in [5.74, 6) is 0.745. The molecule has 0 saturated heterocycles. The summed E-state index contributed by atoms with van der Waals surface area (Å²) in [4.78, 5) is 25.9. The second-order valence-corrected chi connectivity index (χ2v) is 7.50. The number of hydrogen-bond acceptors (Lipinski definition) is 4. The first kappa shape index (κ1) is 21.2. The molecule has 6 nitrogen and oxygen atoms in total. The van der Waals surface area contributed by atoms with E-state index in [1.54, 1.807) is 18.8 Å². The third kappa shape index (κ3) is 4.07. The van der Waals surface area contributed by atoms with E-state index in [9.17, 15) is 9.59 Å². The molecule has 0 saturated carbocycles. The Bertz CT molecular complexity index is 1320. The number of hydrogen-bond donors (Lipinski definition) is 1. The Balaban J connectivity index is 1.87. The SMILES string of the molecule is COc1ccc(Cc2c(C(N)=O)c(=O)n(Cc3ccc(OC)cc3)c3ccccc23)cc1.